The number of fused-ring (bicyclic) bond motifs is 3. The Morgan fingerprint density at radius 2 is 1.88 bits per heavy atom. The first-order valence-corrected chi connectivity index (χ1v) is 16.1. The summed E-state index contributed by atoms with van der Waals surface area (Å²) in [4.78, 5) is 37.1. The van der Waals surface area contributed by atoms with Crippen molar-refractivity contribution >= 4 is 55.0 Å². The molecule has 4 aromatic rings. The van der Waals surface area contributed by atoms with E-state index in [0.717, 1.165) is 41.3 Å². The highest BCUT2D eigenvalue weighted by Gasteiger charge is 2.63. The van der Waals surface area contributed by atoms with Gasteiger partial charge in [-0.25, -0.2) is 32.0 Å². The Balaban J connectivity index is 1.12. The van der Waals surface area contributed by atoms with Crippen molar-refractivity contribution in [3.05, 3.63) is 83.0 Å². The van der Waals surface area contributed by atoms with Crippen LogP contribution < -0.4 is 19.8 Å². The van der Waals surface area contributed by atoms with Crippen molar-refractivity contribution in [1.29, 1.82) is 0 Å². The Bertz CT molecular complexity index is 1890. The summed E-state index contributed by atoms with van der Waals surface area (Å²) in [5.74, 6) is -3.26. The van der Waals surface area contributed by atoms with Gasteiger partial charge in [0.2, 0.25) is 0 Å². The van der Waals surface area contributed by atoms with Crippen LogP contribution in [0.2, 0.25) is 0 Å². The second-order valence-electron chi connectivity index (χ2n) is 11.3. The highest BCUT2D eigenvalue weighted by atomic mass is 32.2. The minimum Gasteiger partial charge on any atom is -0.323 e. The van der Waals surface area contributed by atoms with E-state index >= 15 is 0 Å². The van der Waals surface area contributed by atoms with Gasteiger partial charge in [0.15, 0.2) is 0 Å². The second kappa shape index (κ2) is 9.67. The first-order chi connectivity index (χ1) is 20.5. The Morgan fingerprint density at radius 1 is 1.12 bits per heavy atom. The summed E-state index contributed by atoms with van der Waals surface area (Å²) in [7, 11) is -2.47. The molecule has 222 valence electrons. The summed E-state index contributed by atoms with van der Waals surface area (Å²) < 4.78 is 57.1. The smallest absolute Gasteiger partial charge is 0.316 e. The number of carbonyl (C=O) groups excluding carboxylic acids is 2. The summed E-state index contributed by atoms with van der Waals surface area (Å²) in [5.41, 5.74) is 2.18. The molecule has 0 radical (unpaired) electrons. The third kappa shape index (κ3) is 4.68. The number of hydrogen-bond acceptors (Lipinski definition) is 7. The number of carbonyl (C=O) groups is 2. The van der Waals surface area contributed by atoms with Crippen LogP contribution in [0.4, 0.5) is 25.1 Å². The number of anilines is 2. The van der Waals surface area contributed by atoms with E-state index < -0.39 is 50.9 Å². The zero-order valence-electron chi connectivity index (χ0n) is 22.9. The maximum Gasteiger partial charge on any atom is 0.316 e. The molecular weight excluding hydrogens is 598 g/mol. The molecule has 2 aromatic carbocycles. The number of pyridine rings is 1. The van der Waals surface area contributed by atoms with Crippen LogP contribution in [0.25, 0.3) is 10.2 Å². The van der Waals surface area contributed by atoms with E-state index in [2.05, 4.69) is 20.6 Å². The standard InChI is InChI=1S/C29H26F2N6O4S2/c1-36(20-4-5-24-23(12-20)33-15-42-24)26(38)29(13-22(29)17-9-18(30)11-19(31)10-17)35-27(39)34-16-43(40,41)37-14-28(6-7-28)21-3-2-8-32-25(21)37/h2-5,8-12,15,22H,6-7,13-14,16H2,1H3,(H2,34,35,39)/t22?,29-/m0/s1. The molecule has 2 fully saturated rings. The third-order valence-corrected chi connectivity index (χ3v) is 10.9. The average Bonchev–Trinajstić information content (AvgIpc) is 3.82. The van der Waals surface area contributed by atoms with Crippen LogP contribution >= 0.6 is 11.3 Å². The summed E-state index contributed by atoms with van der Waals surface area (Å²) in [6.45, 7) is 0.259. The molecule has 1 aliphatic heterocycles. The van der Waals surface area contributed by atoms with Crippen molar-refractivity contribution in [3.63, 3.8) is 0 Å². The molecule has 2 aliphatic carbocycles. The van der Waals surface area contributed by atoms with Gasteiger partial charge in [-0.15, -0.1) is 11.3 Å². The van der Waals surface area contributed by atoms with Crippen LogP contribution in [0.3, 0.4) is 0 Å². The maximum atomic E-state index is 14.1. The minimum atomic E-state index is -4.01. The molecule has 43 heavy (non-hydrogen) atoms. The predicted octanol–water partition coefficient (Wildman–Crippen LogP) is 4.00. The SMILES string of the molecule is CN(C(=O)[C@]1(NC(=O)NCS(=O)(=O)N2CC3(CC3)c3cccnc32)CC1c1cc(F)cc(F)c1)c1ccc2scnc2c1. The first kappa shape index (κ1) is 27.7. The largest absolute Gasteiger partial charge is 0.323 e. The van der Waals surface area contributed by atoms with E-state index in [1.54, 1.807) is 23.7 Å². The highest BCUT2D eigenvalue weighted by Crippen LogP contribution is 2.56. The van der Waals surface area contributed by atoms with Gasteiger partial charge in [0, 0.05) is 48.4 Å². The van der Waals surface area contributed by atoms with Crippen LogP contribution in [0.15, 0.2) is 60.2 Å². The fraction of sp³-hybridized carbons (Fsp3) is 0.310. The van der Waals surface area contributed by atoms with Crippen LogP contribution in [0, 0.1) is 11.6 Å². The lowest BCUT2D eigenvalue weighted by molar-refractivity contribution is -0.121. The fourth-order valence-corrected chi connectivity index (χ4v) is 8.06. The molecule has 2 saturated carbocycles. The number of nitrogens with zero attached hydrogens (tertiary/aromatic N) is 4. The number of likely N-dealkylation sites (N-methyl/N-ethyl adjacent to an activating group) is 1. The van der Waals surface area contributed by atoms with Crippen molar-refractivity contribution in [1.82, 2.24) is 20.6 Å². The number of hydrogen-bond donors (Lipinski definition) is 2. The van der Waals surface area contributed by atoms with Gasteiger partial charge in [-0.1, -0.05) is 6.07 Å². The fourth-order valence-electron chi connectivity index (χ4n) is 6.08. The Hall–Kier alpha value is -4.17. The quantitative estimate of drug-likeness (QED) is 0.321. The van der Waals surface area contributed by atoms with Gasteiger partial charge in [-0.3, -0.25) is 9.10 Å². The average molecular weight is 625 g/mol. The molecule has 14 heteroatoms. The van der Waals surface area contributed by atoms with Crippen molar-refractivity contribution < 1.29 is 26.8 Å². The molecule has 0 bridgehead atoms. The number of halogens is 2. The molecule has 7 rings (SSSR count). The number of nitrogens with one attached hydrogen (secondary N) is 2. The minimum absolute atomic E-state index is 0.0596. The molecule has 0 saturated heterocycles. The van der Waals surface area contributed by atoms with E-state index in [4.69, 9.17) is 0 Å². The van der Waals surface area contributed by atoms with Gasteiger partial charge in [-0.2, -0.15) is 0 Å². The van der Waals surface area contributed by atoms with Gasteiger partial charge >= 0.3 is 6.03 Å². The normalized spacial score (nSPS) is 21.5. The summed E-state index contributed by atoms with van der Waals surface area (Å²) >= 11 is 1.45. The van der Waals surface area contributed by atoms with Crippen LogP contribution in [-0.4, -0.2) is 55.3 Å². The van der Waals surface area contributed by atoms with E-state index in [0.29, 0.717) is 17.0 Å². The number of rotatable bonds is 7. The Labute approximate surface area is 249 Å². The van der Waals surface area contributed by atoms with Gasteiger partial charge in [0.05, 0.1) is 15.7 Å². The molecule has 3 heterocycles. The molecule has 3 aliphatic rings. The van der Waals surface area contributed by atoms with Crippen molar-refractivity contribution in [2.45, 2.75) is 36.1 Å². The molecule has 1 spiro atoms. The molecule has 2 N–H and O–H groups in total. The van der Waals surface area contributed by atoms with Gasteiger partial charge < -0.3 is 15.5 Å². The second-order valence-corrected chi connectivity index (χ2v) is 14.1. The molecule has 2 atom stereocenters. The lowest BCUT2D eigenvalue weighted by atomic mass is 10.0. The summed E-state index contributed by atoms with van der Waals surface area (Å²) in [6, 6.07) is 11.0. The van der Waals surface area contributed by atoms with E-state index in [1.165, 1.54) is 33.8 Å². The van der Waals surface area contributed by atoms with Gasteiger partial charge in [0.25, 0.3) is 15.9 Å². The van der Waals surface area contributed by atoms with Crippen LogP contribution in [0.1, 0.15) is 36.3 Å². The molecule has 3 amide bonds. The van der Waals surface area contributed by atoms with Crippen molar-refractivity contribution in [3.8, 4) is 0 Å². The highest BCUT2D eigenvalue weighted by molar-refractivity contribution is 7.92. The lowest BCUT2D eigenvalue weighted by Crippen LogP contribution is -2.54. The zero-order valence-corrected chi connectivity index (χ0v) is 24.5. The Morgan fingerprint density at radius 3 is 2.63 bits per heavy atom. The van der Waals surface area contributed by atoms with E-state index in [1.807, 2.05) is 12.1 Å². The Kier molecular flexibility index (Phi) is 6.22. The number of urea groups is 1. The van der Waals surface area contributed by atoms with Gasteiger partial charge in [-0.05, 0) is 61.2 Å². The number of benzene rings is 2. The predicted molar refractivity (Wildman–Crippen MR) is 157 cm³/mol. The molecule has 1 unspecified atom stereocenters. The van der Waals surface area contributed by atoms with Crippen LogP contribution in [0.5, 0.6) is 0 Å². The topological polar surface area (TPSA) is 125 Å². The summed E-state index contributed by atoms with van der Waals surface area (Å²) in [6.07, 6.45) is 3.32. The lowest BCUT2D eigenvalue weighted by Gasteiger charge is -2.26. The van der Waals surface area contributed by atoms with Crippen molar-refractivity contribution in [2.75, 3.05) is 28.7 Å². The number of amides is 3. The monoisotopic (exact) mass is 624 g/mol. The van der Waals surface area contributed by atoms with E-state index in [-0.39, 0.29) is 23.9 Å². The van der Waals surface area contributed by atoms with Gasteiger partial charge in [0.1, 0.15) is 28.9 Å². The number of aromatic nitrogens is 2. The molecule has 10 nitrogen and oxygen atoms in total. The molecule has 2 aromatic heterocycles. The van der Waals surface area contributed by atoms with Crippen molar-refractivity contribution in [2.24, 2.45) is 0 Å². The number of thiazole rings is 1. The van der Waals surface area contributed by atoms with E-state index in [9.17, 15) is 26.8 Å². The maximum absolute atomic E-state index is 14.1. The summed E-state index contributed by atoms with van der Waals surface area (Å²) in [5, 5.41) is 5.04. The third-order valence-electron chi connectivity index (χ3n) is 8.62. The molecular formula is C29H26F2N6O4S2. The number of sulfonamides is 1. The van der Waals surface area contributed by atoms with Crippen LogP contribution in [-0.2, 0) is 20.2 Å². The zero-order chi connectivity index (χ0) is 30.1. The first-order valence-electron chi connectivity index (χ1n) is 13.6.